The maximum Gasteiger partial charge on any atom is 0.295 e. The molecule has 1 N–H and O–H groups in total. The molecular formula is C25H29N5O3. The van der Waals surface area contributed by atoms with Gasteiger partial charge in [0.1, 0.15) is 11.3 Å². The lowest BCUT2D eigenvalue weighted by atomic mass is 9.97. The highest BCUT2D eigenvalue weighted by Gasteiger charge is 2.46. The highest BCUT2D eigenvalue weighted by molar-refractivity contribution is 6.46. The van der Waals surface area contributed by atoms with Crippen LogP contribution in [0.2, 0.25) is 0 Å². The zero-order valence-electron chi connectivity index (χ0n) is 19.2. The molecule has 8 nitrogen and oxygen atoms in total. The summed E-state index contributed by atoms with van der Waals surface area (Å²) in [5, 5.41) is 11.4. The van der Waals surface area contributed by atoms with Crippen LogP contribution in [0.1, 0.15) is 43.3 Å². The van der Waals surface area contributed by atoms with E-state index in [0.29, 0.717) is 29.1 Å². The van der Waals surface area contributed by atoms with Crippen molar-refractivity contribution in [3.8, 4) is 0 Å². The number of nitrogens with zero attached hydrogens (tertiary/aromatic N) is 5. The van der Waals surface area contributed by atoms with Crippen molar-refractivity contribution in [1.29, 1.82) is 0 Å². The van der Waals surface area contributed by atoms with E-state index < -0.39 is 17.7 Å². The summed E-state index contributed by atoms with van der Waals surface area (Å²) in [5.74, 6) is -1.50. The van der Waals surface area contributed by atoms with Gasteiger partial charge in [-0.2, -0.15) is 0 Å². The summed E-state index contributed by atoms with van der Waals surface area (Å²) >= 11 is 0. The molecule has 1 amide bonds. The van der Waals surface area contributed by atoms with Gasteiger partial charge in [0.15, 0.2) is 5.76 Å². The quantitative estimate of drug-likeness (QED) is 0.324. The zero-order valence-corrected chi connectivity index (χ0v) is 19.2. The van der Waals surface area contributed by atoms with Gasteiger partial charge in [-0.1, -0.05) is 26.0 Å². The first-order chi connectivity index (χ1) is 16.0. The van der Waals surface area contributed by atoms with Gasteiger partial charge in [-0.15, -0.1) is 0 Å². The van der Waals surface area contributed by atoms with Crippen LogP contribution >= 0.6 is 0 Å². The Morgan fingerprint density at radius 1 is 1.15 bits per heavy atom. The number of pyridine rings is 2. The molecule has 4 heterocycles. The summed E-state index contributed by atoms with van der Waals surface area (Å²) in [4.78, 5) is 38.9. The summed E-state index contributed by atoms with van der Waals surface area (Å²) in [6, 6.07) is 8.41. The molecule has 1 saturated heterocycles. The zero-order chi connectivity index (χ0) is 23.5. The average Bonchev–Trinajstić information content (AvgIpc) is 3.30. The standard InChI is InChI=1S/C25H29N5O3/c1-4-28(5-2)13-9-15-30-22(18-10-8-12-26-16-18)20(24(32)25(30)33)23(31)21-17(3)27-19-11-6-7-14-29(19)21/h6-8,10-12,14,16,22,31H,4-5,9,13,15H2,1-3H3/t22-/m1/s1. The molecule has 8 heteroatoms. The van der Waals surface area contributed by atoms with Gasteiger partial charge >= 0.3 is 0 Å². The smallest absolute Gasteiger partial charge is 0.295 e. The Kier molecular flexibility index (Phi) is 6.55. The lowest BCUT2D eigenvalue weighted by molar-refractivity contribution is -0.140. The number of fused-ring (bicyclic) bond motifs is 1. The average molecular weight is 448 g/mol. The van der Waals surface area contributed by atoms with E-state index in [1.54, 1.807) is 40.9 Å². The van der Waals surface area contributed by atoms with Gasteiger partial charge in [-0.05, 0) is 56.7 Å². The van der Waals surface area contributed by atoms with E-state index in [1.165, 1.54) is 0 Å². The first-order valence-corrected chi connectivity index (χ1v) is 11.3. The molecule has 1 atom stereocenters. The number of aryl methyl sites for hydroxylation is 1. The third kappa shape index (κ3) is 4.14. The minimum absolute atomic E-state index is 0.0737. The number of Topliss-reactive ketones (excluding diaryl/α,β-unsaturated/α-hetero) is 1. The number of imidazole rings is 1. The van der Waals surface area contributed by atoms with Gasteiger partial charge in [-0.25, -0.2) is 4.98 Å². The second-order valence-corrected chi connectivity index (χ2v) is 8.13. The number of aliphatic hydroxyl groups is 1. The van der Waals surface area contributed by atoms with Crippen molar-refractivity contribution < 1.29 is 14.7 Å². The van der Waals surface area contributed by atoms with Crippen LogP contribution in [0.25, 0.3) is 11.4 Å². The monoisotopic (exact) mass is 447 g/mol. The lowest BCUT2D eigenvalue weighted by Gasteiger charge is -2.26. The molecule has 3 aromatic heterocycles. The van der Waals surface area contributed by atoms with E-state index in [0.717, 1.165) is 26.1 Å². The topological polar surface area (TPSA) is 91.0 Å². The molecule has 0 aliphatic carbocycles. The van der Waals surface area contributed by atoms with Crippen LogP contribution in [0.5, 0.6) is 0 Å². The normalized spacial score (nSPS) is 18.1. The molecule has 0 aromatic carbocycles. The van der Waals surface area contributed by atoms with Crippen molar-refractivity contribution in [2.45, 2.75) is 33.2 Å². The Balaban J connectivity index is 1.80. The molecule has 0 spiro atoms. The molecule has 172 valence electrons. The molecule has 0 saturated carbocycles. The predicted molar refractivity (Wildman–Crippen MR) is 126 cm³/mol. The fourth-order valence-corrected chi connectivity index (χ4v) is 4.53. The SMILES string of the molecule is CCN(CC)CCCN1C(=O)C(=O)C(=C(O)c2c(C)nc3ccccn23)[C@H]1c1cccnc1. The lowest BCUT2D eigenvalue weighted by Crippen LogP contribution is -2.33. The van der Waals surface area contributed by atoms with Crippen LogP contribution in [0.4, 0.5) is 0 Å². The largest absolute Gasteiger partial charge is 0.505 e. The fraction of sp³-hybridized carbons (Fsp3) is 0.360. The number of carbonyl (C=O) groups is 2. The maximum atomic E-state index is 13.2. The molecule has 1 aliphatic heterocycles. The number of likely N-dealkylation sites (tertiary alicyclic amines) is 1. The van der Waals surface area contributed by atoms with E-state index in [4.69, 9.17) is 0 Å². The van der Waals surface area contributed by atoms with E-state index in [9.17, 15) is 14.7 Å². The second kappa shape index (κ2) is 9.54. The first-order valence-electron chi connectivity index (χ1n) is 11.3. The summed E-state index contributed by atoms with van der Waals surface area (Å²) in [5.41, 5.74) is 2.41. The van der Waals surface area contributed by atoms with Crippen molar-refractivity contribution >= 4 is 23.1 Å². The Labute approximate surface area is 193 Å². The number of carbonyl (C=O) groups excluding carboxylic acids is 2. The van der Waals surface area contributed by atoms with Crippen molar-refractivity contribution in [3.63, 3.8) is 0 Å². The van der Waals surface area contributed by atoms with Gasteiger partial charge in [0.2, 0.25) is 0 Å². The Hall–Kier alpha value is -3.52. The van der Waals surface area contributed by atoms with Crippen molar-refractivity contribution in [3.05, 3.63) is 71.4 Å². The van der Waals surface area contributed by atoms with Crippen molar-refractivity contribution in [2.24, 2.45) is 0 Å². The minimum atomic E-state index is -0.705. The number of rotatable bonds is 8. The Morgan fingerprint density at radius 3 is 2.64 bits per heavy atom. The number of hydrogen-bond acceptors (Lipinski definition) is 6. The highest BCUT2D eigenvalue weighted by atomic mass is 16.3. The van der Waals surface area contributed by atoms with Gasteiger partial charge in [0.05, 0.1) is 17.3 Å². The first kappa shape index (κ1) is 22.7. The minimum Gasteiger partial charge on any atom is -0.505 e. The van der Waals surface area contributed by atoms with E-state index in [-0.39, 0.29) is 11.3 Å². The van der Waals surface area contributed by atoms with E-state index in [1.807, 2.05) is 24.3 Å². The highest BCUT2D eigenvalue weighted by Crippen LogP contribution is 2.39. The number of aromatic nitrogens is 3. The van der Waals surface area contributed by atoms with Crippen LogP contribution in [0.15, 0.2) is 54.5 Å². The Bertz CT molecular complexity index is 1200. The molecule has 3 aromatic rings. The van der Waals surface area contributed by atoms with Gasteiger partial charge in [-0.3, -0.25) is 19.0 Å². The predicted octanol–water partition coefficient (Wildman–Crippen LogP) is 3.19. The van der Waals surface area contributed by atoms with Gasteiger partial charge < -0.3 is 14.9 Å². The molecule has 0 bridgehead atoms. The molecule has 1 fully saturated rings. The third-order valence-corrected chi connectivity index (χ3v) is 6.24. The summed E-state index contributed by atoms with van der Waals surface area (Å²) in [6.07, 6.45) is 5.79. The summed E-state index contributed by atoms with van der Waals surface area (Å²) in [7, 11) is 0. The molecule has 4 rings (SSSR count). The number of aliphatic hydroxyl groups excluding tert-OH is 1. The molecule has 0 radical (unpaired) electrons. The molecule has 0 unspecified atom stereocenters. The van der Waals surface area contributed by atoms with Crippen LogP contribution in [-0.2, 0) is 9.59 Å². The maximum absolute atomic E-state index is 13.2. The van der Waals surface area contributed by atoms with Crippen LogP contribution in [0, 0.1) is 6.92 Å². The molecule has 33 heavy (non-hydrogen) atoms. The Morgan fingerprint density at radius 2 is 1.94 bits per heavy atom. The van der Waals surface area contributed by atoms with Crippen LogP contribution in [0.3, 0.4) is 0 Å². The van der Waals surface area contributed by atoms with Crippen molar-refractivity contribution in [1.82, 2.24) is 24.2 Å². The van der Waals surface area contributed by atoms with Crippen LogP contribution in [-0.4, -0.2) is 67.1 Å². The second-order valence-electron chi connectivity index (χ2n) is 8.13. The van der Waals surface area contributed by atoms with Crippen LogP contribution < -0.4 is 0 Å². The number of ketones is 1. The molecular weight excluding hydrogens is 418 g/mol. The number of amides is 1. The fourth-order valence-electron chi connectivity index (χ4n) is 4.53. The van der Waals surface area contributed by atoms with E-state index in [2.05, 4.69) is 28.7 Å². The third-order valence-electron chi connectivity index (χ3n) is 6.24. The van der Waals surface area contributed by atoms with Gasteiger partial charge in [0.25, 0.3) is 11.7 Å². The summed E-state index contributed by atoms with van der Waals surface area (Å²) < 4.78 is 1.73. The molecule has 1 aliphatic rings. The van der Waals surface area contributed by atoms with Gasteiger partial charge in [0, 0.05) is 25.1 Å². The number of hydrogen-bond donors (Lipinski definition) is 1. The van der Waals surface area contributed by atoms with E-state index >= 15 is 0 Å². The summed E-state index contributed by atoms with van der Waals surface area (Å²) in [6.45, 7) is 9.06. The van der Waals surface area contributed by atoms with Crippen molar-refractivity contribution in [2.75, 3.05) is 26.2 Å².